The van der Waals surface area contributed by atoms with Crippen LogP contribution in [0.4, 0.5) is 18.9 Å². The lowest BCUT2D eigenvalue weighted by Gasteiger charge is -2.40. The Balaban J connectivity index is 1.59. The molecule has 0 spiro atoms. The van der Waals surface area contributed by atoms with Gasteiger partial charge in [0.05, 0.1) is 5.92 Å². The molecular weight excluding hydrogens is 371 g/mol. The highest BCUT2D eigenvalue weighted by Crippen LogP contribution is 2.27. The summed E-state index contributed by atoms with van der Waals surface area (Å²) in [6.45, 7) is 6.51. The number of halogens is 3. The third-order valence-corrected chi connectivity index (χ3v) is 5.81. The predicted octanol–water partition coefficient (Wildman–Crippen LogP) is 2.75. The van der Waals surface area contributed by atoms with Crippen LogP contribution in [0.15, 0.2) is 18.2 Å². The first-order valence-electron chi connectivity index (χ1n) is 9.64. The third-order valence-electron chi connectivity index (χ3n) is 5.81. The van der Waals surface area contributed by atoms with Gasteiger partial charge in [-0.15, -0.1) is 0 Å². The van der Waals surface area contributed by atoms with Crippen molar-refractivity contribution in [3.8, 4) is 0 Å². The van der Waals surface area contributed by atoms with Crippen molar-refractivity contribution in [1.82, 2.24) is 9.80 Å². The van der Waals surface area contributed by atoms with Gasteiger partial charge < -0.3 is 14.7 Å². The summed E-state index contributed by atoms with van der Waals surface area (Å²) in [5, 5.41) is 0. The van der Waals surface area contributed by atoms with E-state index >= 15 is 0 Å². The van der Waals surface area contributed by atoms with E-state index in [-0.39, 0.29) is 19.0 Å². The molecule has 0 aromatic heterocycles. The van der Waals surface area contributed by atoms with E-state index in [0.29, 0.717) is 39.0 Å². The summed E-state index contributed by atoms with van der Waals surface area (Å²) in [7, 11) is 0. The van der Waals surface area contributed by atoms with Gasteiger partial charge in [-0.05, 0) is 43.9 Å². The zero-order chi connectivity index (χ0) is 20.5. The fourth-order valence-electron chi connectivity index (χ4n) is 4.05. The molecule has 1 unspecified atom stereocenters. The number of piperazine rings is 1. The molecular formula is C20H26F3N3O2. The second-order valence-corrected chi connectivity index (χ2v) is 7.62. The van der Waals surface area contributed by atoms with E-state index in [1.807, 2.05) is 6.07 Å². The number of nitrogens with zero attached hydrogens (tertiary/aromatic N) is 3. The van der Waals surface area contributed by atoms with Gasteiger partial charge in [0.1, 0.15) is 0 Å². The molecule has 0 aliphatic carbocycles. The van der Waals surface area contributed by atoms with E-state index in [0.717, 1.165) is 10.6 Å². The minimum atomic E-state index is -4.89. The molecule has 8 heteroatoms. The largest absolute Gasteiger partial charge is 0.471 e. The van der Waals surface area contributed by atoms with Crippen molar-refractivity contribution >= 4 is 17.5 Å². The van der Waals surface area contributed by atoms with Crippen LogP contribution in [-0.2, 0) is 9.59 Å². The van der Waals surface area contributed by atoms with E-state index in [1.165, 1.54) is 11.1 Å². The Bertz CT molecular complexity index is 743. The molecule has 2 saturated heterocycles. The van der Waals surface area contributed by atoms with Gasteiger partial charge in [-0.3, -0.25) is 9.59 Å². The summed E-state index contributed by atoms with van der Waals surface area (Å²) in [6.07, 6.45) is -3.94. The lowest BCUT2D eigenvalue weighted by Crippen LogP contribution is -2.54. The molecule has 2 aliphatic heterocycles. The number of hydrogen-bond acceptors (Lipinski definition) is 3. The molecule has 2 heterocycles. The van der Waals surface area contributed by atoms with Crippen molar-refractivity contribution in [1.29, 1.82) is 0 Å². The second kappa shape index (κ2) is 8.01. The minimum Gasteiger partial charge on any atom is -0.368 e. The number of rotatable bonds is 2. The molecule has 2 amide bonds. The number of hydrogen-bond donors (Lipinski definition) is 0. The summed E-state index contributed by atoms with van der Waals surface area (Å²) < 4.78 is 38.1. The normalized spacial score (nSPS) is 21.0. The number of piperidine rings is 1. The van der Waals surface area contributed by atoms with Crippen LogP contribution in [0.1, 0.15) is 24.0 Å². The number of aryl methyl sites for hydroxylation is 1. The summed E-state index contributed by atoms with van der Waals surface area (Å²) in [5.74, 6) is -2.53. The van der Waals surface area contributed by atoms with Crippen molar-refractivity contribution in [3.05, 3.63) is 29.3 Å². The zero-order valence-electron chi connectivity index (χ0n) is 16.3. The van der Waals surface area contributed by atoms with Crippen molar-refractivity contribution in [3.63, 3.8) is 0 Å². The molecule has 154 valence electrons. The maximum atomic E-state index is 12.8. The third kappa shape index (κ3) is 4.25. The Morgan fingerprint density at radius 3 is 2.32 bits per heavy atom. The fourth-order valence-corrected chi connectivity index (χ4v) is 4.05. The van der Waals surface area contributed by atoms with Crippen molar-refractivity contribution in [2.75, 3.05) is 44.2 Å². The van der Waals surface area contributed by atoms with Crippen LogP contribution in [0.25, 0.3) is 0 Å². The number of carbonyl (C=O) groups is 2. The summed E-state index contributed by atoms with van der Waals surface area (Å²) in [6, 6.07) is 6.15. The van der Waals surface area contributed by atoms with Gasteiger partial charge in [0.25, 0.3) is 0 Å². The zero-order valence-corrected chi connectivity index (χ0v) is 16.3. The van der Waals surface area contributed by atoms with Gasteiger partial charge in [0.15, 0.2) is 0 Å². The highest BCUT2D eigenvalue weighted by Gasteiger charge is 2.44. The van der Waals surface area contributed by atoms with Gasteiger partial charge in [0.2, 0.25) is 5.91 Å². The highest BCUT2D eigenvalue weighted by molar-refractivity contribution is 5.84. The Morgan fingerprint density at radius 1 is 1.00 bits per heavy atom. The first-order chi connectivity index (χ1) is 13.2. The molecule has 28 heavy (non-hydrogen) atoms. The molecule has 1 atom stereocenters. The molecule has 3 rings (SSSR count). The van der Waals surface area contributed by atoms with Crippen LogP contribution >= 0.6 is 0 Å². The standard InChI is InChI=1S/C20H26F3N3O2/c1-14-5-3-7-17(15(14)2)24-9-11-25(12-10-24)18(27)16-6-4-8-26(13-16)19(28)20(21,22)23/h3,5,7,16H,4,6,8-13H2,1-2H3. The summed E-state index contributed by atoms with van der Waals surface area (Å²) >= 11 is 0. The summed E-state index contributed by atoms with van der Waals surface area (Å²) in [4.78, 5) is 29.1. The van der Waals surface area contributed by atoms with Crippen LogP contribution in [0.2, 0.25) is 0 Å². The Kier molecular flexibility index (Phi) is 5.86. The molecule has 0 saturated carbocycles. The first-order valence-corrected chi connectivity index (χ1v) is 9.64. The van der Waals surface area contributed by atoms with Crippen molar-refractivity contribution in [2.24, 2.45) is 5.92 Å². The summed E-state index contributed by atoms with van der Waals surface area (Å²) in [5.41, 5.74) is 3.59. The molecule has 0 radical (unpaired) electrons. The molecule has 1 aromatic carbocycles. The number of carbonyl (C=O) groups excluding carboxylic acids is 2. The SMILES string of the molecule is Cc1cccc(N2CCN(C(=O)C3CCCN(C(=O)C(F)(F)F)C3)CC2)c1C. The van der Waals surface area contributed by atoms with E-state index in [4.69, 9.17) is 0 Å². The topological polar surface area (TPSA) is 43.9 Å². The number of likely N-dealkylation sites (tertiary alicyclic amines) is 1. The van der Waals surface area contributed by atoms with Crippen LogP contribution in [-0.4, -0.2) is 67.1 Å². The quantitative estimate of drug-likeness (QED) is 0.771. The number of anilines is 1. The fraction of sp³-hybridized carbons (Fsp3) is 0.600. The molecule has 5 nitrogen and oxygen atoms in total. The predicted molar refractivity (Wildman–Crippen MR) is 100 cm³/mol. The number of benzene rings is 1. The smallest absolute Gasteiger partial charge is 0.368 e. The monoisotopic (exact) mass is 397 g/mol. The van der Waals surface area contributed by atoms with Crippen molar-refractivity contribution < 1.29 is 22.8 Å². The van der Waals surface area contributed by atoms with Gasteiger partial charge in [-0.1, -0.05) is 12.1 Å². The Hall–Kier alpha value is -2.25. The average Bonchev–Trinajstić information content (AvgIpc) is 2.68. The van der Waals surface area contributed by atoms with Gasteiger partial charge in [0, 0.05) is 45.0 Å². The van der Waals surface area contributed by atoms with E-state index in [9.17, 15) is 22.8 Å². The molecule has 1 aromatic rings. The second-order valence-electron chi connectivity index (χ2n) is 7.62. The van der Waals surface area contributed by atoms with Crippen LogP contribution in [0.5, 0.6) is 0 Å². The van der Waals surface area contributed by atoms with Crippen LogP contribution < -0.4 is 4.90 Å². The van der Waals surface area contributed by atoms with E-state index < -0.39 is 18.0 Å². The van der Waals surface area contributed by atoms with Gasteiger partial charge >= 0.3 is 12.1 Å². The maximum absolute atomic E-state index is 12.8. The molecule has 2 aliphatic rings. The van der Waals surface area contributed by atoms with Crippen molar-refractivity contribution in [2.45, 2.75) is 32.9 Å². The number of alkyl halides is 3. The van der Waals surface area contributed by atoms with E-state index in [1.54, 1.807) is 4.90 Å². The first kappa shape index (κ1) is 20.5. The highest BCUT2D eigenvalue weighted by atomic mass is 19.4. The maximum Gasteiger partial charge on any atom is 0.471 e. The molecule has 0 N–H and O–H groups in total. The minimum absolute atomic E-state index is 0.0581. The van der Waals surface area contributed by atoms with Gasteiger partial charge in [-0.25, -0.2) is 0 Å². The van der Waals surface area contributed by atoms with Crippen LogP contribution in [0, 0.1) is 19.8 Å². The lowest BCUT2D eigenvalue weighted by atomic mass is 9.96. The number of amides is 2. The molecule has 0 bridgehead atoms. The van der Waals surface area contributed by atoms with Gasteiger partial charge in [-0.2, -0.15) is 13.2 Å². The van der Waals surface area contributed by atoms with Crippen LogP contribution in [0.3, 0.4) is 0 Å². The average molecular weight is 397 g/mol. The Morgan fingerprint density at radius 2 is 1.68 bits per heavy atom. The van der Waals surface area contributed by atoms with E-state index in [2.05, 4.69) is 30.9 Å². The Labute approximate surface area is 163 Å². The lowest BCUT2D eigenvalue weighted by molar-refractivity contribution is -0.187. The molecule has 2 fully saturated rings.